The average molecular weight is 406 g/mol. The SMILES string of the molecule is CC(=O)Nc1cccc(-n2c(/C=C/c3ccc(C#N)cc3)nc3ccccc3c2=O)c1. The number of hydrogen-bond donors (Lipinski definition) is 1. The first-order valence-corrected chi connectivity index (χ1v) is 9.63. The fourth-order valence-electron chi connectivity index (χ4n) is 3.28. The fraction of sp³-hybridized carbons (Fsp3) is 0.0400. The molecule has 3 aromatic carbocycles. The summed E-state index contributed by atoms with van der Waals surface area (Å²) in [6, 6.07) is 23.5. The molecule has 0 aliphatic carbocycles. The Hall–Kier alpha value is -4.50. The summed E-state index contributed by atoms with van der Waals surface area (Å²) in [7, 11) is 0. The standard InChI is InChI=1S/C25H18N4O2/c1-17(30)27-20-5-4-6-21(15-20)29-24(14-13-18-9-11-19(16-26)12-10-18)28-23-8-3-2-7-22(23)25(29)31/h2-15H,1H3,(H,27,30)/b14-13+. The van der Waals surface area contributed by atoms with Crippen molar-refractivity contribution in [3.05, 3.63) is 100 Å². The molecule has 0 bridgehead atoms. The summed E-state index contributed by atoms with van der Waals surface area (Å²) in [6.45, 7) is 1.43. The Morgan fingerprint density at radius 3 is 2.55 bits per heavy atom. The van der Waals surface area contributed by atoms with Gasteiger partial charge >= 0.3 is 0 Å². The van der Waals surface area contributed by atoms with Crippen molar-refractivity contribution in [2.24, 2.45) is 0 Å². The Labute approximate surface area is 178 Å². The van der Waals surface area contributed by atoms with Gasteiger partial charge in [0.1, 0.15) is 5.82 Å². The van der Waals surface area contributed by atoms with Crippen molar-refractivity contribution in [1.82, 2.24) is 9.55 Å². The van der Waals surface area contributed by atoms with Crippen molar-refractivity contribution in [2.75, 3.05) is 5.32 Å². The van der Waals surface area contributed by atoms with Crippen LogP contribution < -0.4 is 10.9 Å². The van der Waals surface area contributed by atoms with Gasteiger partial charge in [0.2, 0.25) is 5.91 Å². The molecule has 0 aliphatic rings. The molecule has 4 rings (SSSR count). The zero-order valence-electron chi connectivity index (χ0n) is 16.7. The lowest BCUT2D eigenvalue weighted by Crippen LogP contribution is -2.22. The summed E-state index contributed by atoms with van der Waals surface area (Å²) in [4.78, 5) is 29.5. The fourth-order valence-corrected chi connectivity index (χ4v) is 3.28. The summed E-state index contributed by atoms with van der Waals surface area (Å²) < 4.78 is 1.52. The second-order valence-corrected chi connectivity index (χ2v) is 6.93. The minimum Gasteiger partial charge on any atom is -0.326 e. The first kappa shape index (κ1) is 19.8. The second-order valence-electron chi connectivity index (χ2n) is 6.93. The van der Waals surface area contributed by atoms with Crippen LogP contribution in [0.1, 0.15) is 23.9 Å². The highest BCUT2D eigenvalue weighted by molar-refractivity contribution is 5.89. The smallest absolute Gasteiger partial charge is 0.266 e. The lowest BCUT2D eigenvalue weighted by atomic mass is 10.1. The summed E-state index contributed by atoms with van der Waals surface area (Å²) in [5.41, 5.74) is 3.03. The number of nitrogens with zero attached hydrogens (tertiary/aromatic N) is 3. The number of fused-ring (bicyclic) bond motifs is 1. The molecule has 31 heavy (non-hydrogen) atoms. The van der Waals surface area contributed by atoms with E-state index < -0.39 is 0 Å². The van der Waals surface area contributed by atoms with Gasteiger partial charge in [0.15, 0.2) is 0 Å². The first-order chi connectivity index (χ1) is 15.0. The van der Waals surface area contributed by atoms with E-state index in [1.807, 2.05) is 24.3 Å². The van der Waals surface area contributed by atoms with Crippen LogP contribution in [0.4, 0.5) is 5.69 Å². The lowest BCUT2D eigenvalue weighted by Gasteiger charge is -2.13. The minimum atomic E-state index is -0.204. The topological polar surface area (TPSA) is 87.8 Å². The van der Waals surface area contributed by atoms with Gasteiger partial charge in [-0.3, -0.25) is 14.2 Å². The van der Waals surface area contributed by atoms with Gasteiger partial charge in [0.05, 0.1) is 28.2 Å². The van der Waals surface area contributed by atoms with E-state index >= 15 is 0 Å². The number of anilines is 1. The maximum Gasteiger partial charge on any atom is 0.266 e. The normalized spacial score (nSPS) is 10.8. The van der Waals surface area contributed by atoms with Crippen molar-refractivity contribution < 1.29 is 4.79 Å². The molecule has 0 fully saturated rings. The molecule has 6 nitrogen and oxygen atoms in total. The number of aromatic nitrogens is 2. The zero-order valence-corrected chi connectivity index (χ0v) is 16.7. The molecule has 0 unspecified atom stereocenters. The van der Waals surface area contributed by atoms with E-state index in [0.717, 1.165) is 5.56 Å². The van der Waals surface area contributed by atoms with Crippen molar-refractivity contribution in [3.8, 4) is 11.8 Å². The Kier molecular flexibility index (Phi) is 5.41. The number of nitrogens with one attached hydrogen (secondary N) is 1. The van der Waals surface area contributed by atoms with Crippen LogP contribution in [0.15, 0.2) is 77.6 Å². The second kappa shape index (κ2) is 8.47. The van der Waals surface area contributed by atoms with Gasteiger partial charge in [-0.2, -0.15) is 5.26 Å². The quantitative estimate of drug-likeness (QED) is 0.545. The van der Waals surface area contributed by atoms with Crippen LogP contribution in [0.5, 0.6) is 0 Å². The molecule has 0 radical (unpaired) electrons. The van der Waals surface area contributed by atoms with E-state index in [1.165, 1.54) is 11.5 Å². The summed E-state index contributed by atoms with van der Waals surface area (Å²) in [6.07, 6.45) is 3.60. The van der Waals surface area contributed by atoms with Crippen molar-refractivity contribution in [3.63, 3.8) is 0 Å². The van der Waals surface area contributed by atoms with Crippen LogP contribution in [0.2, 0.25) is 0 Å². The average Bonchev–Trinajstić information content (AvgIpc) is 2.78. The highest BCUT2D eigenvalue weighted by Gasteiger charge is 2.11. The molecule has 0 atom stereocenters. The van der Waals surface area contributed by atoms with Gasteiger partial charge in [0, 0.05) is 12.6 Å². The molecule has 1 amide bonds. The first-order valence-electron chi connectivity index (χ1n) is 9.63. The molecule has 0 spiro atoms. The number of nitriles is 1. The molecule has 6 heteroatoms. The van der Waals surface area contributed by atoms with Gasteiger partial charge in [-0.1, -0.05) is 36.4 Å². The molecule has 1 aromatic heterocycles. The van der Waals surface area contributed by atoms with Crippen LogP contribution >= 0.6 is 0 Å². The predicted molar refractivity (Wildman–Crippen MR) is 122 cm³/mol. The monoisotopic (exact) mass is 406 g/mol. The maximum atomic E-state index is 13.3. The van der Waals surface area contributed by atoms with Crippen molar-refractivity contribution in [1.29, 1.82) is 5.26 Å². The summed E-state index contributed by atoms with van der Waals surface area (Å²) >= 11 is 0. The summed E-state index contributed by atoms with van der Waals surface area (Å²) in [5, 5.41) is 12.2. The molecule has 4 aromatic rings. The van der Waals surface area contributed by atoms with Gasteiger partial charge in [-0.05, 0) is 54.1 Å². The van der Waals surface area contributed by atoms with E-state index in [9.17, 15) is 9.59 Å². The van der Waals surface area contributed by atoms with Crippen molar-refractivity contribution >= 4 is 34.6 Å². The van der Waals surface area contributed by atoms with Crippen LogP contribution in [0.3, 0.4) is 0 Å². The van der Waals surface area contributed by atoms with E-state index in [2.05, 4.69) is 16.4 Å². The molecular formula is C25H18N4O2. The molecule has 1 heterocycles. The zero-order chi connectivity index (χ0) is 21.8. The third-order valence-electron chi connectivity index (χ3n) is 4.69. The summed E-state index contributed by atoms with van der Waals surface area (Å²) in [5.74, 6) is 0.259. The predicted octanol–water partition coefficient (Wildman–Crippen LogP) is 4.39. The number of carbonyl (C=O) groups excluding carboxylic acids is 1. The largest absolute Gasteiger partial charge is 0.326 e. The number of carbonyl (C=O) groups is 1. The molecule has 0 saturated carbocycles. The molecule has 0 saturated heterocycles. The van der Waals surface area contributed by atoms with E-state index in [1.54, 1.807) is 60.7 Å². The Morgan fingerprint density at radius 2 is 1.81 bits per heavy atom. The Morgan fingerprint density at radius 1 is 1.03 bits per heavy atom. The molecule has 0 aliphatic heterocycles. The van der Waals surface area contributed by atoms with Gasteiger partial charge in [-0.25, -0.2) is 4.98 Å². The maximum absolute atomic E-state index is 13.3. The number of hydrogen-bond acceptors (Lipinski definition) is 4. The van der Waals surface area contributed by atoms with Gasteiger partial charge in [-0.15, -0.1) is 0 Å². The molecule has 1 N–H and O–H groups in total. The third kappa shape index (κ3) is 4.26. The molecule has 150 valence electrons. The van der Waals surface area contributed by atoms with Crippen LogP contribution in [0, 0.1) is 11.3 Å². The van der Waals surface area contributed by atoms with Gasteiger partial charge < -0.3 is 5.32 Å². The van der Waals surface area contributed by atoms with E-state index in [-0.39, 0.29) is 11.5 Å². The Bertz CT molecular complexity index is 1410. The minimum absolute atomic E-state index is 0.193. The highest BCUT2D eigenvalue weighted by Crippen LogP contribution is 2.18. The number of amides is 1. The molecular weight excluding hydrogens is 388 g/mol. The number of benzene rings is 3. The highest BCUT2D eigenvalue weighted by atomic mass is 16.1. The van der Waals surface area contributed by atoms with Crippen LogP contribution in [-0.4, -0.2) is 15.5 Å². The lowest BCUT2D eigenvalue weighted by molar-refractivity contribution is -0.114. The van der Waals surface area contributed by atoms with Crippen LogP contribution in [0.25, 0.3) is 28.7 Å². The third-order valence-corrected chi connectivity index (χ3v) is 4.69. The van der Waals surface area contributed by atoms with Crippen LogP contribution in [-0.2, 0) is 4.79 Å². The number of rotatable bonds is 4. The van der Waals surface area contributed by atoms with E-state index in [4.69, 9.17) is 5.26 Å². The van der Waals surface area contributed by atoms with Gasteiger partial charge in [0.25, 0.3) is 5.56 Å². The van der Waals surface area contributed by atoms with Crippen molar-refractivity contribution in [2.45, 2.75) is 6.92 Å². The van der Waals surface area contributed by atoms with E-state index in [0.29, 0.717) is 33.7 Å². The number of para-hydroxylation sites is 1. The Balaban J connectivity index is 1.88.